The standard InChI is InChI=1S/C15H14O3/c1-7-5-8(2)17-13-10(4)14-12(6-11(7)13)9(3)15(16)18-14/h5-6,16H,2H2,1,3-4H3. The lowest BCUT2D eigenvalue weighted by atomic mass is 9.97. The van der Waals surface area contributed by atoms with Gasteiger partial charge in [0.15, 0.2) is 0 Å². The van der Waals surface area contributed by atoms with Gasteiger partial charge in [0.05, 0.1) is 0 Å². The Kier molecular flexibility index (Phi) is 2.08. The lowest BCUT2D eigenvalue weighted by Gasteiger charge is -2.19. The van der Waals surface area contributed by atoms with Gasteiger partial charge in [-0.15, -0.1) is 0 Å². The molecule has 18 heavy (non-hydrogen) atoms. The van der Waals surface area contributed by atoms with Gasteiger partial charge in [0.1, 0.15) is 17.1 Å². The topological polar surface area (TPSA) is 42.6 Å². The Morgan fingerprint density at radius 2 is 1.89 bits per heavy atom. The zero-order valence-corrected chi connectivity index (χ0v) is 10.6. The summed E-state index contributed by atoms with van der Waals surface area (Å²) < 4.78 is 11.1. The molecule has 0 fully saturated rings. The van der Waals surface area contributed by atoms with Crippen LogP contribution in [0.3, 0.4) is 0 Å². The normalized spacial score (nSPS) is 14.4. The minimum absolute atomic E-state index is 0.0316. The van der Waals surface area contributed by atoms with Gasteiger partial charge in [-0.2, -0.15) is 0 Å². The monoisotopic (exact) mass is 242 g/mol. The van der Waals surface area contributed by atoms with Crippen LogP contribution in [0.4, 0.5) is 0 Å². The molecule has 0 radical (unpaired) electrons. The van der Waals surface area contributed by atoms with Gasteiger partial charge < -0.3 is 14.3 Å². The van der Waals surface area contributed by atoms with E-state index in [2.05, 4.69) is 6.58 Å². The highest BCUT2D eigenvalue weighted by molar-refractivity contribution is 5.93. The maximum atomic E-state index is 9.69. The van der Waals surface area contributed by atoms with Crippen LogP contribution in [0.5, 0.6) is 11.7 Å². The summed E-state index contributed by atoms with van der Waals surface area (Å²) >= 11 is 0. The second kappa shape index (κ2) is 3.42. The van der Waals surface area contributed by atoms with E-state index < -0.39 is 0 Å². The first kappa shape index (κ1) is 11.0. The number of ether oxygens (including phenoxy) is 1. The highest BCUT2D eigenvalue weighted by Crippen LogP contribution is 2.43. The van der Waals surface area contributed by atoms with E-state index in [0.717, 1.165) is 33.4 Å². The lowest BCUT2D eigenvalue weighted by molar-refractivity contribution is 0.342. The van der Waals surface area contributed by atoms with Crippen molar-refractivity contribution in [2.24, 2.45) is 0 Å². The summed E-state index contributed by atoms with van der Waals surface area (Å²) in [6.45, 7) is 9.62. The summed E-state index contributed by atoms with van der Waals surface area (Å²) in [5, 5.41) is 10.6. The van der Waals surface area contributed by atoms with Crippen LogP contribution in [0.25, 0.3) is 16.5 Å². The number of furan rings is 1. The predicted octanol–water partition coefficient (Wildman–Crippen LogP) is 4.06. The number of fused-ring (bicyclic) bond motifs is 2. The van der Waals surface area contributed by atoms with Gasteiger partial charge in [0.2, 0.25) is 0 Å². The maximum absolute atomic E-state index is 9.69. The molecule has 0 bridgehead atoms. The number of aryl methyl sites for hydroxylation is 2. The van der Waals surface area contributed by atoms with Gasteiger partial charge in [-0.1, -0.05) is 6.58 Å². The molecule has 0 saturated heterocycles. The Morgan fingerprint density at radius 1 is 1.17 bits per heavy atom. The average Bonchev–Trinajstić information content (AvgIpc) is 2.59. The van der Waals surface area contributed by atoms with E-state index in [-0.39, 0.29) is 5.95 Å². The number of aromatic hydroxyl groups is 1. The first-order valence-corrected chi connectivity index (χ1v) is 5.80. The number of benzene rings is 1. The van der Waals surface area contributed by atoms with Gasteiger partial charge in [-0.25, -0.2) is 0 Å². The van der Waals surface area contributed by atoms with Crippen LogP contribution in [0, 0.1) is 13.8 Å². The highest BCUT2D eigenvalue weighted by atomic mass is 16.5. The Morgan fingerprint density at radius 3 is 2.61 bits per heavy atom. The van der Waals surface area contributed by atoms with E-state index in [4.69, 9.17) is 9.15 Å². The third-order valence-electron chi connectivity index (χ3n) is 3.42. The van der Waals surface area contributed by atoms with Gasteiger partial charge in [0, 0.05) is 22.1 Å². The molecule has 0 aliphatic carbocycles. The van der Waals surface area contributed by atoms with Crippen molar-refractivity contribution < 1.29 is 14.3 Å². The molecule has 2 aromatic rings. The first-order chi connectivity index (χ1) is 8.49. The van der Waals surface area contributed by atoms with Crippen molar-refractivity contribution in [3.8, 4) is 11.7 Å². The van der Waals surface area contributed by atoms with E-state index in [1.807, 2.05) is 32.9 Å². The molecule has 1 aromatic heterocycles. The van der Waals surface area contributed by atoms with Crippen LogP contribution in [0.2, 0.25) is 0 Å². The second-order valence-electron chi connectivity index (χ2n) is 4.68. The molecule has 0 atom stereocenters. The summed E-state index contributed by atoms with van der Waals surface area (Å²) in [5.41, 5.74) is 4.45. The molecule has 2 heterocycles. The van der Waals surface area contributed by atoms with Crippen molar-refractivity contribution >= 4 is 16.5 Å². The molecule has 92 valence electrons. The van der Waals surface area contributed by atoms with Crippen LogP contribution < -0.4 is 4.74 Å². The first-order valence-electron chi connectivity index (χ1n) is 5.80. The van der Waals surface area contributed by atoms with Gasteiger partial charge in [0.25, 0.3) is 5.95 Å². The van der Waals surface area contributed by atoms with Crippen LogP contribution in [0.1, 0.15) is 23.6 Å². The van der Waals surface area contributed by atoms with Crippen LogP contribution >= 0.6 is 0 Å². The summed E-state index contributed by atoms with van der Waals surface area (Å²) in [4.78, 5) is 0. The largest absolute Gasteiger partial charge is 0.480 e. The average molecular weight is 242 g/mol. The Bertz CT molecular complexity index is 717. The van der Waals surface area contributed by atoms with Crippen molar-refractivity contribution in [2.45, 2.75) is 20.8 Å². The van der Waals surface area contributed by atoms with E-state index in [1.54, 1.807) is 0 Å². The van der Waals surface area contributed by atoms with Crippen LogP contribution in [-0.4, -0.2) is 5.11 Å². The molecule has 3 rings (SSSR count). The Labute approximate surface area is 105 Å². The number of allylic oxidation sites excluding steroid dienone is 2. The van der Waals surface area contributed by atoms with Crippen molar-refractivity contribution in [3.05, 3.63) is 41.2 Å². The Balaban J connectivity index is 2.44. The number of rotatable bonds is 0. The fraction of sp³-hybridized carbons (Fsp3) is 0.200. The second-order valence-corrected chi connectivity index (χ2v) is 4.68. The quantitative estimate of drug-likeness (QED) is 0.757. The minimum atomic E-state index is -0.0316. The molecule has 1 aliphatic heterocycles. The zero-order chi connectivity index (χ0) is 13.0. The third kappa shape index (κ3) is 1.30. The highest BCUT2D eigenvalue weighted by Gasteiger charge is 2.22. The van der Waals surface area contributed by atoms with Crippen molar-refractivity contribution in [1.29, 1.82) is 0 Å². The van der Waals surface area contributed by atoms with E-state index >= 15 is 0 Å². The van der Waals surface area contributed by atoms with E-state index in [9.17, 15) is 5.11 Å². The predicted molar refractivity (Wildman–Crippen MR) is 70.8 cm³/mol. The number of hydrogen-bond donors (Lipinski definition) is 1. The SMILES string of the molecule is C=C1C=C(C)c2cc3c(C)c(O)oc3c(C)c2O1. The van der Waals surface area contributed by atoms with E-state index in [1.165, 1.54) is 0 Å². The zero-order valence-electron chi connectivity index (χ0n) is 10.6. The molecule has 3 nitrogen and oxygen atoms in total. The molecule has 0 unspecified atom stereocenters. The van der Waals surface area contributed by atoms with Gasteiger partial charge in [-0.05, 0) is 38.5 Å². The molecular weight excluding hydrogens is 228 g/mol. The fourth-order valence-corrected chi connectivity index (χ4v) is 2.39. The smallest absolute Gasteiger partial charge is 0.286 e. The van der Waals surface area contributed by atoms with Crippen molar-refractivity contribution in [3.63, 3.8) is 0 Å². The Hall–Kier alpha value is -2.16. The maximum Gasteiger partial charge on any atom is 0.286 e. The molecule has 1 aliphatic rings. The van der Waals surface area contributed by atoms with Gasteiger partial charge in [-0.3, -0.25) is 0 Å². The van der Waals surface area contributed by atoms with Crippen LogP contribution in [0.15, 0.2) is 28.9 Å². The molecule has 0 spiro atoms. The fourth-order valence-electron chi connectivity index (χ4n) is 2.39. The summed E-state index contributed by atoms with van der Waals surface area (Å²) in [6, 6.07) is 1.99. The molecule has 1 aromatic carbocycles. The number of hydrogen-bond acceptors (Lipinski definition) is 3. The van der Waals surface area contributed by atoms with E-state index in [0.29, 0.717) is 11.3 Å². The molecule has 0 amide bonds. The molecule has 3 heteroatoms. The third-order valence-corrected chi connectivity index (χ3v) is 3.42. The molecule has 0 saturated carbocycles. The van der Waals surface area contributed by atoms with Gasteiger partial charge >= 0.3 is 0 Å². The lowest BCUT2D eigenvalue weighted by Crippen LogP contribution is -2.03. The summed E-state index contributed by atoms with van der Waals surface area (Å²) in [5.74, 6) is 1.35. The molecular formula is C15H14O3. The van der Waals surface area contributed by atoms with Crippen LogP contribution in [-0.2, 0) is 0 Å². The summed E-state index contributed by atoms with van der Waals surface area (Å²) in [6.07, 6.45) is 1.91. The summed E-state index contributed by atoms with van der Waals surface area (Å²) in [7, 11) is 0. The van der Waals surface area contributed by atoms with Crippen molar-refractivity contribution in [1.82, 2.24) is 0 Å². The molecule has 1 N–H and O–H groups in total. The van der Waals surface area contributed by atoms with Crippen molar-refractivity contribution in [2.75, 3.05) is 0 Å². The minimum Gasteiger partial charge on any atom is -0.480 e.